The van der Waals surface area contributed by atoms with Crippen LogP contribution >= 0.6 is 0 Å². The molecule has 0 fully saturated rings. The fraction of sp³-hybridized carbons (Fsp3) is 0.429. The Morgan fingerprint density at radius 2 is 2.09 bits per heavy atom. The van der Waals surface area contributed by atoms with Gasteiger partial charge in [0.1, 0.15) is 18.1 Å². The lowest BCUT2D eigenvalue weighted by atomic mass is 10.3. The van der Waals surface area contributed by atoms with Crippen molar-refractivity contribution in [3.05, 3.63) is 30.1 Å². The molecular weight excluding hydrogens is 306 g/mol. The van der Waals surface area contributed by atoms with Gasteiger partial charge < -0.3 is 14.6 Å². The lowest BCUT2D eigenvalue weighted by molar-refractivity contribution is -0.121. The Balaban J connectivity index is 2.29. The number of fused-ring (bicyclic) bond motifs is 1. The number of hydrogen-bond donors (Lipinski definition) is 1. The molecule has 120 valence electrons. The summed E-state index contributed by atoms with van der Waals surface area (Å²) in [7, 11) is -1.68. The minimum atomic E-state index is -3.24. The second kappa shape index (κ2) is 6.89. The van der Waals surface area contributed by atoms with E-state index in [0.29, 0.717) is 24.5 Å². The van der Waals surface area contributed by atoms with Crippen molar-refractivity contribution in [1.82, 2.24) is 14.9 Å². The summed E-state index contributed by atoms with van der Waals surface area (Å²) < 4.78 is 29.6. The van der Waals surface area contributed by atoms with Crippen LogP contribution in [0.4, 0.5) is 0 Å². The van der Waals surface area contributed by atoms with E-state index in [1.165, 1.54) is 0 Å². The number of hydrogen-bond acceptors (Lipinski definition) is 5. The van der Waals surface area contributed by atoms with Gasteiger partial charge in [0.25, 0.3) is 0 Å². The van der Waals surface area contributed by atoms with Crippen LogP contribution in [0.1, 0.15) is 5.82 Å². The van der Waals surface area contributed by atoms with E-state index in [9.17, 15) is 13.2 Å². The fourth-order valence-corrected chi connectivity index (χ4v) is 2.83. The molecule has 0 aliphatic carbocycles. The second-order valence-electron chi connectivity index (χ2n) is 5.02. The van der Waals surface area contributed by atoms with Gasteiger partial charge in [-0.25, -0.2) is 13.4 Å². The predicted octanol–water partition coefficient (Wildman–Crippen LogP) is 0.344. The van der Waals surface area contributed by atoms with Gasteiger partial charge in [-0.3, -0.25) is 4.79 Å². The number of sulfone groups is 1. The summed E-state index contributed by atoms with van der Waals surface area (Å²) in [5.41, 5.74) is 1.41. The van der Waals surface area contributed by atoms with Crippen LogP contribution in [0, 0.1) is 0 Å². The Hall–Kier alpha value is -1.93. The summed E-state index contributed by atoms with van der Waals surface area (Å²) >= 11 is 0. The van der Waals surface area contributed by atoms with Crippen molar-refractivity contribution in [2.45, 2.75) is 12.3 Å². The molecule has 0 unspecified atom stereocenters. The van der Waals surface area contributed by atoms with Crippen molar-refractivity contribution < 1.29 is 17.9 Å². The third kappa shape index (κ3) is 4.28. The maximum absolute atomic E-state index is 12.0. The molecule has 8 heteroatoms. The van der Waals surface area contributed by atoms with Crippen LogP contribution < -0.4 is 5.32 Å². The normalized spacial score (nSPS) is 11.7. The smallest absolute Gasteiger partial charge is 0.240 e. The van der Waals surface area contributed by atoms with Crippen molar-refractivity contribution in [1.29, 1.82) is 0 Å². The first-order chi connectivity index (χ1) is 10.4. The SMILES string of the molecule is COCCNC(=O)Cn1c(CS(C)(=O)=O)nc2ccccc21. The first kappa shape index (κ1) is 16.4. The third-order valence-corrected chi connectivity index (χ3v) is 3.84. The Labute approximate surface area is 129 Å². The monoisotopic (exact) mass is 325 g/mol. The lowest BCUT2D eigenvalue weighted by Gasteiger charge is -2.09. The van der Waals surface area contributed by atoms with E-state index in [2.05, 4.69) is 10.3 Å². The minimum absolute atomic E-state index is 0.0229. The number of para-hydroxylation sites is 2. The van der Waals surface area contributed by atoms with E-state index in [4.69, 9.17) is 4.74 Å². The molecule has 0 spiro atoms. The molecule has 0 radical (unpaired) electrons. The van der Waals surface area contributed by atoms with Gasteiger partial charge in [-0.05, 0) is 12.1 Å². The van der Waals surface area contributed by atoms with Crippen LogP contribution in [0.3, 0.4) is 0 Å². The highest BCUT2D eigenvalue weighted by atomic mass is 32.2. The number of carbonyl (C=O) groups is 1. The maximum Gasteiger partial charge on any atom is 0.240 e. The number of aromatic nitrogens is 2. The number of amides is 1. The summed E-state index contributed by atoms with van der Waals surface area (Å²) in [4.78, 5) is 16.3. The lowest BCUT2D eigenvalue weighted by Crippen LogP contribution is -2.31. The van der Waals surface area contributed by atoms with E-state index in [-0.39, 0.29) is 18.2 Å². The molecule has 0 saturated carbocycles. The Bertz CT molecular complexity index is 767. The van der Waals surface area contributed by atoms with Crippen LogP contribution in [-0.4, -0.2) is 50.4 Å². The van der Waals surface area contributed by atoms with Crippen molar-refractivity contribution >= 4 is 26.8 Å². The van der Waals surface area contributed by atoms with Crippen molar-refractivity contribution in [2.75, 3.05) is 26.5 Å². The number of benzene rings is 1. The van der Waals surface area contributed by atoms with E-state index in [0.717, 1.165) is 11.8 Å². The van der Waals surface area contributed by atoms with Gasteiger partial charge in [-0.1, -0.05) is 12.1 Å². The molecule has 2 rings (SSSR count). The number of ether oxygens (including phenoxy) is 1. The molecule has 1 aromatic carbocycles. The number of nitrogens with zero attached hydrogens (tertiary/aromatic N) is 2. The molecule has 22 heavy (non-hydrogen) atoms. The number of carbonyl (C=O) groups excluding carboxylic acids is 1. The van der Waals surface area contributed by atoms with Gasteiger partial charge in [0, 0.05) is 19.9 Å². The Kier molecular flexibility index (Phi) is 5.15. The predicted molar refractivity (Wildman–Crippen MR) is 83.2 cm³/mol. The molecule has 0 aliphatic heterocycles. The third-order valence-electron chi connectivity index (χ3n) is 3.05. The van der Waals surface area contributed by atoms with Gasteiger partial charge in [0.15, 0.2) is 9.84 Å². The second-order valence-corrected chi connectivity index (χ2v) is 7.16. The molecule has 0 aliphatic rings. The zero-order valence-electron chi connectivity index (χ0n) is 12.6. The fourth-order valence-electron chi connectivity index (χ4n) is 2.14. The molecule has 2 aromatic rings. The molecule has 0 saturated heterocycles. The average Bonchev–Trinajstić information content (AvgIpc) is 2.75. The van der Waals surface area contributed by atoms with Crippen molar-refractivity contribution in [3.8, 4) is 0 Å². The summed E-state index contributed by atoms with van der Waals surface area (Å²) in [6.45, 7) is 0.852. The first-order valence-corrected chi connectivity index (χ1v) is 8.84. The molecule has 7 nitrogen and oxygen atoms in total. The topological polar surface area (TPSA) is 90.3 Å². The van der Waals surface area contributed by atoms with Crippen molar-refractivity contribution in [3.63, 3.8) is 0 Å². The molecule has 1 heterocycles. The average molecular weight is 325 g/mol. The highest BCUT2D eigenvalue weighted by Crippen LogP contribution is 2.17. The Morgan fingerprint density at radius 3 is 2.77 bits per heavy atom. The largest absolute Gasteiger partial charge is 0.383 e. The minimum Gasteiger partial charge on any atom is -0.383 e. The quantitative estimate of drug-likeness (QED) is 0.742. The van der Waals surface area contributed by atoms with E-state index < -0.39 is 9.84 Å². The van der Waals surface area contributed by atoms with E-state index >= 15 is 0 Å². The van der Waals surface area contributed by atoms with Crippen LogP contribution in [-0.2, 0) is 31.7 Å². The number of imidazole rings is 1. The Morgan fingerprint density at radius 1 is 1.36 bits per heavy atom. The standard InChI is InChI=1S/C14H19N3O4S/c1-21-8-7-15-14(18)9-17-12-6-4-3-5-11(12)16-13(17)10-22(2,19)20/h3-6H,7-10H2,1-2H3,(H,15,18). The van der Waals surface area contributed by atoms with Crippen LogP contribution in [0.2, 0.25) is 0 Å². The highest BCUT2D eigenvalue weighted by molar-refractivity contribution is 7.89. The zero-order chi connectivity index (χ0) is 16.2. The number of nitrogens with one attached hydrogen (secondary N) is 1. The van der Waals surface area contributed by atoms with E-state index in [1.54, 1.807) is 17.7 Å². The molecule has 1 aromatic heterocycles. The molecule has 0 bridgehead atoms. The summed E-state index contributed by atoms with van der Waals surface area (Å²) in [5, 5.41) is 2.71. The first-order valence-electron chi connectivity index (χ1n) is 6.78. The van der Waals surface area contributed by atoms with E-state index in [1.807, 2.05) is 18.2 Å². The van der Waals surface area contributed by atoms with Gasteiger partial charge in [-0.2, -0.15) is 0 Å². The number of methoxy groups -OCH3 is 1. The van der Waals surface area contributed by atoms with Gasteiger partial charge >= 0.3 is 0 Å². The molecule has 1 amide bonds. The summed E-state index contributed by atoms with van der Waals surface area (Å²) in [5.74, 6) is -0.0481. The van der Waals surface area contributed by atoms with Gasteiger partial charge in [0.2, 0.25) is 5.91 Å². The van der Waals surface area contributed by atoms with Crippen molar-refractivity contribution in [2.24, 2.45) is 0 Å². The van der Waals surface area contributed by atoms with Gasteiger partial charge in [-0.15, -0.1) is 0 Å². The van der Waals surface area contributed by atoms with Gasteiger partial charge in [0.05, 0.1) is 17.6 Å². The van der Waals surface area contributed by atoms with Crippen LogP contribution in [0.5, 0.6) is 0 Å². The molecule has 1 N–H and O–H groups in total. The highest BCUT2D eigenvalue weighted by Gasteiger charge is 2.17. The number of rotatable bonds is 7. The maximum atomic E-state index is 12.0. The molecule has 0 atom stereocenters. The van der Waals surface area contributed by atoms with Crippen LogP contribution in [0.25, 0.3) is 11.0 Å². The zero-order valence-corrected chi connectivity index (χ0v) is 13.4. The van der Waals surface area contributed by atoms with Crippen LogP contribution in [0.15, 0.2) is 24.3 Å². The summed E-state index contributed by atoms with van der Waals surface area (Å²) in [6, 6.07) is 7.26. The summed E-state index contributed by atoms with van der Waals surface area (Å²) in [6.07, 6.45) is 1.15. The molecular formula is C14H19N3O4S.